The summed E-state index contributed by atoms with van der Waals surface area (Å²) in [4.78, 5) is 15.8. The van der Waals surface area contributed by atoms with Crippen molar-refractivity contribution in [3.63, 3.8) is 0 Å². The highest BCUT2D eigenvalue weighted by atomic mass is 16.4. The molecule has 0 saturated carbocycles. The Kier molecular flexibility index (Phi) is 5.15. The van der Waals surface area contributed by atoms with Crippen molar-refractivity contribution >= 4 is 5.91 Å². The summed E-state index contributed by atoms with van der Waals surface area (Å²) in [6.07, 6.45) is 3.01. The number of hydrogen-bond acceptors (Lipinski definition) is 4. The molecule has 0 aliphatic carbocycles. The Morgan fingerprint density at radius 1 is 1.65 bits per heavy atom. The van der Waals surface area contributed by atoms with E-state index in [9.17, 15) is 4.79 Å². The summed E-state index contributed by atoms with van der Waals surface area (Å²) in [6.45, 7) is 6.25. The quantitative estimate of drug-likeness (QED) is 0.789. The third-order valence-corrected chi connectivity index (χ3v) is 2.77. The van der Waals surface area contributed by atoms with E-state index in [1.54, 1.807) is 6.20 Å². The van der Waals surface area contributed by atoms with Gasteiger partial charge in [-0.15, -0.1) is 0 Å². The van der Waals surface area contributed by atoms with Crippen molar-refractivity contribution in [1.82, 2.24) is 10.3 Å². The Morgan fingerprint density at radius 3 is 2.82 bits per heavy atom. The average Bonchev–Trinajstić information content (AvgIpc) is 2.72. The predicted molar refractivity (Wildman–Crippen MR) is 65.3 cm³/mol. The van der Waals surface area contributed by atoms with Crippen LogP contribution in [0.15, 0.2) is 10.6 Å². The van der Waals surface area contributed by atoms with Crippen molar-refractivity contribution in [3.8, 4) is 0 Å². The molecule has 96 valence electrons. The van der Waals surface area contributed by atoms with Gasteiger partial charge in [0, 0.05) is 6.42 Å². The molecule has 0 aliphatic rings. The van der Waals surface area contributed by atoms with Crippen LogP contribution in [0.3, 0.4) is 0 Å². The van der Waals surface area contributed by atoms with Crippen LogP contribution in [-0.2, 0) is 4.79 Å². The first-order chi connectivity index (χ1) is 8.06. The predicted octanol–water partition coefficient (Wildman–Crippen LogP) is 1.54. The fraction of sp³-hybridized carbons (Fsp3) is 0.667. The summed E-state index contributed by atoms with van der Waals surface area (Å²) in [5, 5.41) is 2.86. The number of nitrogens with one attached hydrogen (secondary N) is 1. The van der Waals surface area contributed by atoms with Crippen molar-refractivity contribution in [2.45, 2.75) is 39.7 Å². The summed E-state index contributed by atoms with van der Waals surface area (Å²) < 4.78 is 5.35. The standard InChI is InChI=1S/C12H21N3O2/c1-4-10(6-13)5-11(16)15-9(3)12-14-7-8(2)17-12/h7,9-10H,4-6,13H2,1-3H3,(H,15,16). The highest BCUT2D eigenvalue weighted by Crippen LogP contribution is 2.13. The summed E-state index contributed by atoms with van der Waals surface area (Å²) in [6, 6.07) is -0.202. The molecule has 1 rings (SSSR count). The molecule has 1 heterocycles. The average molecular weight is 239 g/mol. The second-order valence-electron chi connectivity index (χ2n) is 4.31. The number of carbonyl (C=O) groups excluding carboxylic acids is 1. The zero-order valence-corrected chi connectivity index (χ0v) is 10.7. The minimum atomic E-state index is -0.202. The van der Waals surface area contributed by atoms with Crippen LogP contribution in [-0.4, -0.2) is 17.4 Å². The minimum Gasteiger partial charge on any atom is -0.444 e. The molecule has 0 bridgehead atoms. The molecule has 0 aromatic carbocycles. The highest BCUT2D eigenvalue weighted by molar-refractivity contribution is 5.76. The van der Waals surface area contributed by atoms with Gasteiger partial charge in [0.2, 0.25) is 11.8 Å². The summed E-state index contributed by atoms with van der Waals surface area (Å²) >= 11 is 0. The third-order valence-electron chi connectivity index (χ3n) is 2.77. The minimum absolute atomic E-state index is 0.00865. The molecule has 2 unspecified atom stereocenters. The first kappa shape index (κ1) is 13.7. The molecule has 17 heavy (non-hydrogen) atoms. The third kappa shape index (κ3) is 4.19. The van der Waals surface area contributed by atoms with Crippen molar-refractivity contribution in [2.24, 2.45) is 11.7 Å². The van der Waals surface area contributed by atoms with Crippen molar-refractivity contribution in [1.29, 1.82) is 0 Å². The Hall–Kier alpha value is -1.36. The maximum absolute atomic E-state index is 11.7. The number of nitrogens with two attached hydrogens (primary N) is 1. The molecule has 2 atom stereocenters. The molecule has 3 N–H and O–H groups in total. The normalized spacial score (nSPS) is 14.4. The molecule has 0 spiro atoms. The van der Waals surface area contributed by atoms with E-state index in [1.165, 1.54) is 0 Å². The lowest BCUT2D eigenvalue weighted by Crippen LogP contribution is -2.30. The van der Waals surface area contributed by atoms with Gasteiger partial charge in [-0.05, 0) is 26.3 Å². The SMILES string of the molecule is CCC(CN)CC(=O)NC(C)c1ncc(C)o1. The fourth-order valence-electron chi connectivity index (χ4n) is 1.59. The van der Waals surface area contributed by atoms with E-state index in [4.69, 9.17) is 10.2 Å². The highest BCUT2D eigenvalue weighted by Gasteiger charge is 2.16. The number of oxazole rings is 1. The van der Waals surface area contributed by atoms with Crippen LogP contribution < -0.4 is 11.1 Å². The number of aryl methyl sites for hydroxylation is 1. The summed E-state index contributed by atoms with van der Waals surface area (Å²) in [5.74, 6) is 1.52. The van der Waals surface area contributed by atoms with E-state index in [0.29, 0.717) is 18.9 Å². The van der Waals surface area contributed by atoms with E-state index in [-0.39, 0.29) is 17.9 Å². The van der Waals surface area contributed by atoms with Gasteiger partial charge in [-0.3, -0.25) is 4.79 Å². The lowest BCUT2D eigenvalue weighted by molar-refractivity contribution is -0.122. The molecule has 0 fully saturated rings. The number of rotatable bonds is 6. The van der Waals surface area contributed by atoms with E-state index in [2.05, 4.69) is 10.3 Å². The van der Waals surface area contributed by atoms with Gasteiger partial charge in [-0.1, -0.05) is 13.3 Å². The lowest BCUT2D eigenvalue weighted by atomic mass is 10.0. The van der Waals surface area contributed by atoms with Gasteiger partial charge in [-0.2, -0.15) is 0 Å². The van der Waals surface area contributed by atoms with Gasteiger partial charge >= 0.3 is 0 Å². The van der Waals surface area contributed by atoms with Crippen LogP contribution >= 0.6 is 0 Å². The van der Waals surface area contributed by atoms with Gasteiger partial charge in [0.05, 0.1) is 6.20 Å². The largest absolute Gasteiger partial charge is 0.444 e. The van der Waals surface area contributed by atoms with Crippen molar-refractivity contribution in [3.05, 3.63) is 17.8 Å². The van der Waals surface area contributed by atoms with Crippen molar-refractivity contribution < 1.29 is 9.21 Å². The Labute approximate surface area is 102 Å². The first-order valence-corrected chi connectivity index (χ1v) is 5.98. The fourth-order valence-corrected chi connectivity index (χ4v) is 1.59. The number of amides is 1. The number of aromatic nitrogens is 1. The molecule has 5 heteroatoms. The number of nitrogens with zero attached hydrogens (tertiary/aromatic N) is 1. The maximum Gasteiger partial charge on any atom is 0.220 e. The Bertz CT molecular complexity index is 358. The molecular formula is C12H21N3O2. The van der Waals surface area contributed by atoms with Crippen LogP contribution in [0.2, 0.25) is 0 Å². The first-order valence-electron chi connectivity index (χ1n) is 5.98. The van der Waals surface area contributed by atoms with Crippen LogP contribution in [0.4, 0.5) is 0 Å². The molecule has 1 amide bonds. The van der Waals surface area contributed by atoms with E-state index >= 15 is 0 Å². The molecule has 5 nitrogen and oxygen atoms in total. The number of hydrogen-bond donors (Lipinski definition) is 2. The zero-order chi connectivity index (χ0) is 12.8. The van der Waals surface area contributed by atoms with Crippen LogP contribution in [0.25, 0.3) is 0 Å². The van der Waals surface area contributed by atoms with Crippen LogP contribution in [0.1, 0.15) is 44.4 Å². The molecule has 0 aliphatic heterocycles. The van der Waals surface area contributed by atoms with Crippen LogP contribution in [0, 0.1) is 12.8 Å². The Balaban J connectivity index is 2.45. The van der Waals surface area contributed by atoms with E-state index in [1.807, 2.05) is 20.8 Å². The summed E-state index contributed by atoms with van der Waals surface area (Å²) in [5.41, 5.74) is 5.57. The van der Waals surface area contributed by atoms with Crippen molar-refractivity contribution in [2.75, 3.05) is 6.54 Å². The maximum atomic E-state index is 11.7. The molecule has 0 radical (unpaired) electrons. The topological polar surface area (TPSA) is 81.2 Å². The molecule has 0 saturated heterocycles. The molecular weight excluding hydrogens is 218 g/mol. The summed E-state index contributed by atoms with van der Waals surface area (Å²) in [7, 11) is 0. The van der Waals surface area contributed by atoms with Gasteiger partial charge in [0.25, 0.3) is 0 Å². The second-order valence-corrected chi connectivity index (χ2v) is 4.31. The van der Waals surface area contributed by atoms with Gasteiger partial charge < -0.3 is 15.5 Å². The zero-order valence-electron chi connectivity index (χ0n) is 10.7. The van der Waals surface area contributed by atoms with E-state index in [0.717, 1.165) is 12.2 Å². The monoisotopic (exact) mass is 239 g/mol. The molecule has 1 aromatic rings. The second kappa shape index (κ2) is 6.39. The lowest BCUT2D eigenvalue weighted by Gasteiger charge is -2.14. The Morgan fingerprint density at radius 2 is 2.35 bits per heavy atom. The van der Waals surface area contributed by atoms with Crippen LogP contribution in [0.5, 0.6) is 0 Å². The number of carbonyl (C=O) groups is 1. The van der Waals surface area contributed by atoms with Gasteiger partial charge in [0.15, 0.2) is 0 Å². The molecule has 1 aromatic heterocycles. The smallest absolute Gasteiger partial charge is 0.220 e. The van der Waals surface area contributed by atoms with Gasteiger partial charge in [-0.25, -0.2) is 4.98 Å². The van der Waals surface area contributed by atoms with Gasteiger partial charge in [0.1, 0.15) is 11.8 Å². The van der Waals surface area contributed by atoms with E-state index < -0.39 is 0 Å².